The predicted molar refractivity (Wildman–Crippen MR) is 99.5 cm³/mol. The Balaban J connectivity index is 1.25. The van der Waals surface area contributed by atoms with Gasteiger partial charge in [0, 0.05) is 32.6 Å². The number of carbonyl (C=O) groups excluding carboxylic acids is 1. The van der Waals surface area contributed by atoms with Crippen LogP contribution in [0.5, 0.6) is 0 Å². The molecule has 0 bridgehead atoms. The summed E-state index contributed by atoms with van der Waals surface area (Å²) >= 11 is 0. The number of benzene rings is 1. The first kappa shape index (κ1) is 17.1. The molecule has 1 atom stereocenters. The molecule has 1 unspecified atom stereocenters. The van der Waals surface area contributed by atoms with E-state index >= 15 is 0 Å². The van der Waals surface area contributed by atoms with E-state index in [-0.39, 0.29) is 6.03 Å². The van der Waals surface area contributed by atoms with Crippen LogP contribution >= 0.6 is 0 Å². The van der Waals surface area contributed by atoms with Gasteiger partial charge in [-0.25, -0.2) is 4.79 Å². The fourth-order valence-electron chi connectivity index (χ4n) is 3.61. The first-order valence-electron chi connectivity index (χ1n) is 9.62. The molecular formula is C20H27N5O. The van der Waals surface area contributed by atoms with Gasteiger partial charge >= 0.3 is 6.03 Å². The molecule has 2 heterocycles. The first-order chi connectivity index (χ1) is 12.7. The molecule has 138 valence electrons. The lowest BCUT2D eigenvalue weighted by molar-refractivity contribution is 0.206. The number of nitrogens with zero attached hydrogens (tertiary/aromatic N) is 4. The Morgan fingerprint density at radius 3 is 2.77 bits per heavy atom. The minimum Gasteiger partial charge on any atom is -0.334 e. The molecule has 2 aliphatic rings. The Labute approximate surface area is 154 Å². The number of aromatic nitrogens is 3. The Hall–Kier alpha value is -2.37. The summed E-state index contributed by atoms with van der Waals surface area (Å²) in [6.45, 7) is 5.32. The van der Waals surface area contributed by atoms with Gasteiger partial charge in [-0.3, -0.25) is 0 Å². The fourth-order valence-corrected chi connectivity index (χ4v) is 3.61. The lowest BCUT2D eigenvalue weighted by atomic mass is 10.0. The Bertz CT molecular complexity index is 750. The summed E-state index contributed by atoms with van der Waals surface area (Å²) in [6, 6.07) is 8.31. The van der Waals surface area contributed by atoms with Gasteiger partial charge in [0.05, 0.1) is 0 Å². The van der Waals surface area contributed by atoms with Gasteiger partial charge in [-0.1, -0.05) is 29.8 Å². The number of amides is 2. The SMILES string of the molecule is Cc1ccc(CNC(=O)N2CCC(Cc3nncn3CC3CC3)C2)cc1. The minimum atomic E-state index is 0.0347. The molecule has 1 aromatic carbocycles. The average molecular weight is 353 g/mol. The molecule has 1 aliphatic carbocycles. The number of hydrogen-bond acceptors (Lipinski definition) is 3. The molecule has 1 aromatic heterocycles. The van der Waals surface area contributed by atoms with Crippen molar-refractivity contribution in [1.82, 2.24) is 25.0 Å². The van der Waals surface area contributed by atoms with Crippen molar-refractivity contribution in [2.75, 3.05) is 13.1 Å². The van der Waals surface area contributed by atoms with Crippen molar-refractivity contribution >= 4 is 6.03 Å². The summed E-state index contributed by atoms with van der Waals surface area (Å²) in [5, 5.41) is 11.4. The second-order valence-corrected chi connectivity index (χ2v) is 7.79. The monoisotopic (exact) mass is 353 g/mol. The molecule has 26 heavy (non-hydrogen) atoms. The summed E-state index contributed by atoms with van der Waals surface area (Å²) in [6.07, 6.45) is 6.46. The molecule has 0 radical (unpaired) electrons. The number of likely N-dealkylation sites (tertiary alicyclic amines) is 1. The summed E-state index contributed by atoms with van der Waals surface area (Å²) in [4.78, 5) is 14.4. The zero-order valence-electron chi connectivity index (χ0n) is 15.4. The Morgan fingerprint density at radius 1 is 1.19 bits per heavy atom. The molecule has 1 saturated heterocycles. The lowest BCUT2D eigenvalue weighted by Gasteiger charge is -2.17. The molecule has 2 fully saturated rings. The number of nitrogens with one attached hydrogen (secondary N) is 1. The maximum absolute atomic E-state index is 12.4. The van der Waals surface area contributed by atoms with Crippen molar-refractivity contribution in [1.29, 1.82) is 0 Å². The smallest absolute Gasteiger partial charge is 0.317 e. The molecule has 1 saturated carbocycles. The van der Waals surface area contributed by atoms with Crippen LogP contribution in [0.25, 0.3) is 0 Å². The van der Waals surface area contributed by atoms with Gasteiger partial charge in [-0.05, 0) is 43.6 Å². The molecule has 4 rings (SSSR count). The Kier molecular flexibility index (Phi) is 4.91. The molecule has 6 nitrogen and oxygen atoms in total. The van der Waals surface area contributed by atoms with Gasteiger partial charge in [-0.15, -0.1) is 10.2 Å². The highest BCUT2D eigenvalue weighted by atomic mass is 16.2. The molecule has 0 spiro atoms. The number of rotatable bonds is 6. The zero-order chi connectivity index (χ0) is 17.9. The average Bonchev–Trinajstić information content (AvgIpc) is 3.15. The van der Waals surface area contributed by atoms with Crippen LogP contribution in [0, 0.1) is 18.8 Å². The quantitative estimate of drug-likeness (QED) is 0.868. The van der Waals surface area contributed by atoms with E-state index in [4.69, 9.17) is 0 Å². The highest BCUT2D eigenvalue weighted by molar-refractivity contribution is 5.74. The number of carbonyl (C=O) groups is 1. The van der Waals surface area contributed by atoms with Crippen LogP contribution in [0.15, 0.2) is 30.6 Å². The van der Waals surface area contributed by atoms with Gasteiger partial charge in [0.25, 0.3) is 0 Å². The van der Waals surface area contributed by atoms with Gasteiger partial charge in [-0.2, -0.15) is 0 Å². The van der Waals surface area contributed by atoms with E-state index in [0.717, 1.165) is 49.8 Å². The molecule has 6 heteroatoms. The number of aryl methyl sites for hydroxylation is 1. The minimum absolute atomic E-state index is 0.0347. The maximum atomic E-state index is 12.4. The largest absolute Gasteiger partial charge is 0.334 e. The van der Waals surface area contributed by atoms with E-state index in [1.165, 1.54) is 18.4 Å². The van der Waals surface area contributed by atoms with Crippen LogP contribution in [0.3, 0.4) is 0 Å². The van der Waals surface area contributed by atoms with E-state index in [1.54, 1.807) is 0 Å². The maximum Gasteiger partial charge on any atom is 0.317 e. The van der Waals surface area contributed by atoms with Crippen LogP contribution in [0.4, 0.5) is 4.79 Å². The molecular weight excluding hydrogens is 326 g/mol. The fraction of sp³-hybridized carbons (Fsp3) is 0.550. The molecule has 2 amide bonds. The highest BCUT2D eigenvalue weighted by Crippen LogP contribution is 2.31. The standard InChI is InChI=1S/C20H27N5O/c1-15-2-4-16(5-3-15)11-21-20(26)24-9-8-18(13-24)10-19-23-22-14-25(19)12-17-6-7-17/h2-5,14,17-18H,6-13H2,1H3,(H,21,26). The first-order valence-corrected chi connectivity index (χ1v) is 9.62. The third-order valence-corrected chi connectivity index (χ3v) is 5.46. The normalized spacial score (nSPS) is 19.7. The van der Waals surface area contributed by atoms with Crippen molar-refractivity contribution in [2.45, 2.75) is 45.7 Å². The van der Waals surface area contributed by atoms with E-state index < -0.39 is 0 Å². The topological polar surface area (TPSA) is 63.1 Å². The van der Waals surface area contributed by atoms with Crippen molar-refractivity contribution < 1.29 is 4.79 Å². The zero-order valence-corrected chi connectivity index (χ0v) is 15.4. The van der Waals surface area contributed by atoms with Crippen LogP contribution in [-0.4, -0.2) is 38.8 Å². The summed E-state index contributed by atoms with van der Waals surface area (Å²) in [5.41, 5.74) is 2.37. The predicted octanol–water partition coefficient (Wildman–Crippen LogP) is 2.77. The van der Waals surface area contributed by atoms with E-state index in [1.807, 2.05) is 11.2 Å². The third kappa shape index (κ3) is 4.23. The third-order valence-electron chi connectivity index (χ3n) is 5.46. The van der Waals surface area contributed by atoms with Gasteiger partial charge in [0.15, 0.2) is 0 Å². The summed E-state index contributed by atoms with van der Waals surface area (Å²) in [5.74, 6) is 2.36. The van der Waals surface area contributed by atoms with Gasteiger partial charge < -0.3 is 14.8 Å². The van der Waals surface area contributed by atoms with Gasteiger partial charge in [0.1, 0.15) is 12.2 Å². The van der Waals surface area contributed by atoms with Crippen LogP contribution in [0.2, 0.25) is 0 Å². The van der Waals surface area contributed by atoms with Crippen molar-refractivity contribution in [3.05, 3.63) is 47.5 Å². The van der Waals surface area contributed by atoms with E-state index in [2.05, 4.69) is 51.3 Å². The van der Waals surface area contributed by atoms with Crippen LogP contribution < -0.4 is 5.32 Å². The van der Waals surface area contributed by atoms with Crippen LogP contribution in [0.1, 0.15) is 36.2 Å². The molecule has 2 aromatic rings. The summed E-state index contributed by atoms with van der Waals surface area (Å²) in [7, 11) is 0. The van der Waals surface area contributed by atoms with E-state index in [9.17, 15) is 4.79 Å². The van der Waals surface area contributed by atoms with Crippen molar-refractivity contribution in [3.63, 3.8) is 0 Å². The second kappa shape index (κ2) is 7.48. The van der Waals surface area contributed by atoms with Crippen molar-refractivity contribution in [3.8, 4) is 0 Å². The van der Waals surface area contributed by atoms with E-state index in [0.29, 0.717) is 12.5 Å². The van der Waals surface area contributed by atoms with Gasteiger partial charge in [0.2, 0.25) is 0 Å². The number of urea groups is 1. The summed E-state index contributed by atoms with van der Waals surface area (Å²) < 4.78 is 2.21. The lowest BCUT2D eigenvalue weighted by Crippen LogP contribution is -2.38. The Morgan fingerprint density at radius 2 is 2.00 bits per heavy atom. The highest BCUT2D eigenvalue weighted by Gasteiger charge is 2.28. The molecule has 1 aliphatic heterocycles. The molecule has 1 N–H and O–H groups in total. The second-order valence-electron chi connectivity index (χ2n) is 7.79. The van der Waals surface area contributed by atoms with Crippen molar-refractivity contribution in [2.24, 2.45) is 11.8 Å². The number of hydrogen-bond donors (Lipinski definition) is 1. The van der Waals surface area contributed by atoms with Crippen LogP contribution in [-0.2, 0) is 19.5 Å².